The van der Waals surface area contributed by atoms with Crippen LogP contribution in [-0.4, -0.2) is 11.7 Å². The Kier molecular flexibility index (Phi) is 16.4. The first-order chi connectivity index (χ1) is 9.41. The van der Waals surface area contributed by atoms with E-state index in [1.54, 1.807) is 0 Å². The lowest BCUT2D eigenvalue weighted by Crippen LogP contribution is -1.81. The molecule has 0 aliphatic rings. The summed E-state index contributed by atoms with van der Waals surface area (Å²) >= 11 is 0. The summed E-state index contributed by atoms with van der Waals surface area (Å²) in [6, 6.07) is 0. The van der Waals surface area contributed by atoms with Crippen molar-refractivity contribution in [2.45, 2.75) is 71.1 Å². The van der Waals surface area contributed by atoms with Crippen molar-refractivity contribution in [3.05, 3.63) is 36.5 Å². The molecule has 1 nitrogen and oxygen atoms in total. The highest BCUT2D eigenvalue weighted by Gasteiger charge is 1.84. The summed E-state index contributed by atoms with van der Waals surface area (Å²) in [4.78, 5) is 0. The lowest BCUT2D eigenvalue weighted by Gasteiger charge is -1.93. The smallest absolute Gasteiger partial charge is 0.0431 e. The highest BCUT2D eigenvalue weighted by Crippen LogP contribution is 2.02. The van der Waals surface area contributed by atoms with Gasteiger partial charge in [-0.15, -0.1) is 0 Å². The normalized spacial score (nSPS) is 12.3. The molecule has 0 fully saturated rings. The third-order valence-corrected chi connectivity index (χ3v) is 3.05. The third kappa shape index (κ3) is 17.2. The van der Waals surface area contributed by atoms with E-state index in [-0.39, 0.29) is 0 Å². The lowest BCUT2D eigenvalue weighted by atomic mass is 10.2. The molecular weight excluding hydrogens is 232 g/mol. The van der Waals surface area contributed by atoms with Crippen LogP contribution in [0, 0.1) is 0 Å². The maximum absolute atomic E-state index is 8.64. The van der Waals surface area contributed by atoms with E-state index in [0.29, 0.717) is 6.61 Å². The van der Waals surface area contributed by atoms with Crippen molar-refractivity contribution in [1.29, 1.82) is 0 Å². The minimum Gasteiger partial charge on any atom is -0.396 e. The van der Waals surface area contributed by atoms with Crippen molar-refractivity contribution < 1.29 is 5.11 Å². The second-order valence-electron chi connectivity index (χ2n) is 4.95. The van der Waals surface area contributed by atoms with Gasteiger partial charge in [0, 0.05) is 6.61 Å². The fourth-order valence-electron chi connectivity index (χ4n) is 1.84. The van der Waals surface area contributed by atoms with Gasteiger partial charge in [-0.05, 0) is 44.9 Å². The van der Waals surface area contributed by atoms with Crippen LogP contribution in [0.3, 0.4) is 0 Å². The number of rotatable bonds is 13. The maximum Gasteiger partial charge on any atom is 0.0431 e. The molecule has 0 saturated heterocycles. The van der Waals surface area contributed by atoms with Crippen molar-refractivity contribution in [1.82, 2.24) is 0 Å². The summed E-state index contributed by atoms with van der Waals surface area (Å²) in [6.07, 6.45) is 25.3. The molecule has 0 aromatic heterocycles. The molecule has 0 heterocycles. The van der Waals surface area contributed by atoms with Crippen LogP contribution in [0.2, 0.25) is 0 Å². The summed E-state index contributed by atoms with van der Waals surface area (Å²) in [5.41, 5.74) is 0. The number of aliphatic hydroxyl groups excluding tert-OH is 1. The molecule has 0 aliphatic heterocycles. The molecular formula is C18H32O. The average Bonchev–Trinajstić information content (AvgIpc) is 2.43. The molecule has 110 valence electrons. The van der Waals surface area contributed by atoms with Gasteiger partial charge in [0.25, 0.3) is 0 Å². The molecule has 0 spiro atoms. The Morgan fingerprint density at radius 1 is 0.632 bits per heavy atom. The molecule has 1 heteroatoms. The second-order valence-corrected chi connectivity index (χ2v) is 4.95. The van der Waals surface area contributed by atoms with Gasteiger partial charge in [0.2, 0.25) is 0 Å². The quantitative estimate of drug-likeness (QED) is 0.340. The Labute approximate surface area is 120 Å². The number of unbranched alkanes of at least 4 members (excludes halogenated alkanes) is 6. The van der Waals surface area contributed by atoms with E-state index in [1.165, 1.54) is 32.1 Å². The van der Waals surface area contributed by atoms with Gasteiger partial charge in [-0.3, -0.25) is 0 Å². The molecule has 0 atom stereocenters. The van der Waals surface area contributed by atoms with E-state index >= 15 is 0 Å². The number of hydrogen-bond donors (Lipinski definition) is 1. The van der Waals surface area contributed by atoms with E-state index in [4.69, 9.17) is 5.11 Å². The first-order valence-electron chi connectivity index (χ1n) is 7.97. The van der Waals surface area contributed by atoms with Crippen LogP contribution in [-0.2, 0) is 0 Å². The van der Waals surface area contributed by atoms with Gasteiger partial charge in [-0.1, -0.05) is 62.6 Å². The number of hydrogen-bond acceptors (Lipinski definition) is 1. The van der Waals surface area contributed by atoms with E-state index in [0.717, 1.165) is 32.1 Å². The monoisotopic (exact) mass is 264 g/mol. The fourth-order valence-corrected chi connectivity index (χ4v) is 1.84. The van der Waals surface area contributed by atoms with Gasteiger partial charge in [0.1, 0.15) is 0 Å². The Morgan fingerprint density at radius 2 is 1.16 bits per heavy atom. The molecule has 0 rings (SSSR count). The van der Waals surface area contributed by atoms with Crippen molar-refractivity contribution in [2.24, 2.45) is 0 Å². The van der Waals surface area contributed by atoms with Gasteiger partial charge >= 0.3 is 0 Å². The highest BCUT2D eigenvalue weighted by atomic mass is 16.2. The summed E-state index contributed by atoms with van der Waals surface area (Å²) in [5, 5.41) is 8.64. The molecule has 0 aromatic carbocycles. The zero-order chi connectivity index (χ0) is 14.0. The molecule has 19 heavy (non-hydrogen) atoms. The average molecular weight is 264 g/mol. The van der Waals surface area contributed by atoms with E-state index in [2.05, 4.69) is 43.4 Å². The van der Waals surface area contributed by atoms with Crippen LogP contribution in [0.1, 0.15) is 71.1 Å². The van der Waals surface area contributed by atoms with Crippen molar-refractivity contribution in [3.63, 3.8) is 0 Å². The van der Waals surface area contributed by atoms with Gasteiger partial charge in [-0.25, -0.2) is 0 Å². The second kappa shape index (κ2) is 17.2. The Bertz CT molecular complexity index is 238. The van der Waals surface area contributed by atoms with Gasteiger partial charge in [0.15, 0.2) is 0 Å². The minimum atomic E-state index is 0.332. The maximum atomic E-state index is 8.64. The standard InChI is InChI=1S/C18H32O/c1-2-3-4-5-6-7-8-9-10-11-12-13-14-15-16-17-18-19/h6-7,9-10,12-13,19H,2-5,8,11,14-18H2,1H3/b7-6?,10-9-,13-12-. The van der Waals surface area contributed by atoms with Crippen LogP contribution >= 0.6 is 0 Å². The summed E-state index contributed by atoms with van der Waals surface area (Å²) in [5.74, 6) is 0. The molecule has 0 aliphatic carbocycles. The van der Waals surface area contributed by atoms with Crippen LogP contribution in [0.25, 0.3) is 0 Å². The number of aliphatic hydroxyl groups is 1. The van der Waals surface area contributed by atoms with Gasteiger partial charge in [-0.2, -0.15) is 0 Å². The molecule has 0 unspecified atom stereocenters. The highest BCUT2D eigenvalue weighted by molar-refractivity contribution is 4.97. The first kappa shape index (κ1) is 18.2. The zero-order valence-corrected chi connectivity index (χ0v) is 12.7. The van der Waals surface area contributed by atoms with E-state index in [1.807, 2.05) is 0 Å². The lowest BCUT2D eigenvalue weighted by molar-refractivity contribution is 0.283. The van der Waals surface area contributed by atoms with Gasteiger partial charge < -0.3 is 5.11 Å². The molecule has 0 radical (unpaired) electrons. The molecule has 0 saturated carbocycles. The summed E-state index contributed by atoms with van der Waals surface area (Å²) < 4.78 is 0. The molecule has 0 bridgehead atoms. The predicted molar refractivity (Wildman–Crippen MR) is 86.3 cm³/mol. The first-order valence-corrected chi connectivity index (χ1v) is 7.97. The van der Waals surface area contributed by atoms with Crippen LogP contribution in [0.5, 0.6) is 0 Å². The zero-order valence-electron chi connectivity index (χ0n) is 12.7. The third-order valence-electron chi connectivity index (χ3n) is 3.05. The SMILES string of the molecule is CCCCCC=CC/C=C\C/C=C\CCCCCO. The van der Waals surface area contributed by atoms with Crippen molar-refractivity contribution in [3.8, 4) is 0 Å². The van der Waals surface area contributed by atoms with E-state index < -0.39 is 0 Å². The Morgan fingerprint density at radius 3 is 1.68 bits per heavy atom. The number of allylic oxidation sites excluding steroid dienone is 6. The van der Waals surface area contributed by atoms with E-state index in [9.17, 15) is 0 Å². The van der Waals surface area contributed by atoms with Crippen LogP contribution in [0.15, 0.2) is 36.5 Å². The predicted octanol–water partition coefficient (Wildman–Crippen LogP) is 5.57. The van der Waals surface area contributed by atoms with Crippen molar-refractivity contribution in [2.75, 3.05) is 6.61 Å². The minimum absolute atomic E-state index is 0.332. The Balaban J connectivity index is 3.26. The summed E-state index contributed by atoms with van der Waals surface area (Å²) in [7, 11) is 0. The van der Waals surface area contributed by atoms with Crippen molar-refractivity contribution >= 4 is 0 Å². The topological polar surface area (TPSA) is 20.2 Å². The molecule has 1 N–H and O–H groups in total. The van der Waals surface area contributed by atoms with Crippen LogP contribution < -0.4 is 0 Å². The molecule has 0 amide bonds. The largest absolute Gasteiger partial charge is 0.396 e. The molecule has 0 aromatic rings. The van der Waals surface area contributed by atoms with Crippen LogP contribution in [0.4, 0.5) is 0 Å². The van der Waals surface area contributed by atoms with Gasteiger partial charge in [0.05, 0.1) is 0 Å². The fraction of sp³-hybridized carbons (Fsp3) is 0.667. The summed E-state index contributed by atoms with van der Waals surface area (Å²) in [6.45, 7) is 2.57. The Hall–Kier alpha value is -0.820.